The maximum atomic E-state index is 11.8. The van der Waals surface area contributed by atoms with Gasteiger partial charge in [0, 0.05) is 23.6 Å². The molecule has 0 spiro atoms. The van der Waals surface area contributed by atoms with E-state index in [1.165, 1.54) is 10.5 Å². The molecule has 2 rings (SSSR count). The van der Waals surface area contributed by atoms with Crippen LogP contribution in [-0.4, -0.2) is 29.4 Å². The monoisotopic (exact) mass is 307 g/mol. The lowest BCUT2D eigenvalue weighted by Gasteiger charge is -2.25. The van der Waals surface area contributed by atoms with Gasteiger partial charge >= 0.3 is 0 Å². The molecular formula is C17H25NO2S. The highest BCUT2D eigenvalue weighted by Crippen LogP contribution is 2.23. The zero-order chi connectivity index (χ0) is 15.1. The Morgan fingerprint density at radius 1 is 1.24 bits per heavy atom. The van der Waals surface area contributed by atoms with Crippen molar-refractivity contribution in [3.8, 4) is 0 Å². The topological polar surface area (TPSA) is 49.3 Å². The zero-order valence-corrected chi connectivity index (χ0v) is 13.5. The minimum atomic E-state index is -0.122. The third kappa shape index (κ3) is 6.10. The molecule has 4 heteroatoms. The summed E-state index contributed by atoms with van der Waals surface area (Å²) in [5.74, 6) is 1.50. The second-order valence-corrected chi connectivity index (χ2v) is 7.06. The predicted octanol–water partition coefficient (Wildman–Crippen LogP) is 3.14. The Labute approximate surface area is 131 Å². The van der Waals surface area contributed by atoms with Gasteiger partial charge in [-0.25, -0.2) is 0 Å². The van der Waals surface area contributed by atoms with Gasteiger partial charge < -0.3 is 10.4 Å². The van der Waals surface area contributed by atoms with Gasteiger partial charge in [0.1, 0.15) is 0 Å². The first-order chi connectivity index (χ1) is 10.1. The molecule has 0 aliphatic heterocycles. The molecule has 1 saturated carbocycles. The fourth-order valence-corrected chi connectivity index (χ4v) is 3.44. The summed E-state index contributed by atoms with van der Waals surface area (Å²) in [4.78, 5) is 13.0. The Balaban J connectivity index is 1.58. The van der Waals surface area contributed by atoms with Crippen molar-refractivity contribution in [1.29, 1.82) is 0 Å². The van der Waals surface area contributed by atoms with Crippen LogP contribution in [0.15, 0.2) is 29.2 Å². The van der Waals surface area contributed by atoms with E-state index in [1.54, 1.807) is 11.8 Å². The number of hydrogen-bond donors (Lipinski definition) is 2. The third-order valence-corrected chi connectivity index (χ3v) is 5.04. The van der Waals surface area contributed by atoms with E-state index in [2.05, 4.69) is 36.5 Å². The molecule has 0 aromatic heterocycles. The van der Waals surface area contributed by atoms with Crippen LogP contribution < -0.4 is 5.32 Å². The van der Waals surface area contributed by atoms with Gasteiger partial charge in [-0.15, -0.1) is 11.8 Å². The van der Waals surface area contributed by atoms with Crippen LogP contribution in [0.25, 0.3) is 0 Å². The van der Waals surface area contributed by atoms with Gasteiger partial charge in [0.2, 0.25) is 5.91 Å². The summed E-state index contributed by atoms with van der Waals surface area (Å²) < 4.78 is 0. The molecule has 116 valence electrons. The van der Waals surface area contributed by atoms with Gasteiger partial charge in [0.25, 0.3) is 0 Å². The van der Waals surface area contributed by atoms with Crippen LogP contribution in [-0.2, 0) is 4.79 Å². The molecule has 1 aromatic rings. The molecule has 0 bridgehead atoms. The molecule has 2 N–H and O–H groups in total. The van der Waals surface area contributed by atoms with Crippen molar-refractivity contribution in [2.24, 2.45) is 5.92 Å². The van der Waals surface area contributed by atoms with E-state index in [1.807, 2.05) is 0 Å². The average molecular weight is 307 g/mol. The van der Waals surface area contributed by atoms with Crippen LogP contribution in [0.1, 0.15) is 37.7 Å². The molecule has 1 aliphatic carbocycles. The van der Waals surface area contributed by atoms with Crippen LogP contribution in [0.4, 0.5) is 0 Å². The van der Waals surface area contributed by atoms with Crippen molar-refractivity contribution in [2.45, 2.75) is 50.0 Å². The lowest BCUT2D eigenvalue weighted by atomic mass is 9.87. The van der Waals surface area contributed by atoms with Crippen LogP contribution in [0.5, 0.6) is 0 Å². The first-order valence-electron chi connectivity index (χ1n) is 7.77. The number of nitrogens with one attached hydrogen (secondary N) is 1. The molecule has 0 unspecified atom stereocenters. The highest BCUT2D eigenvalue weighted by molar-refractivity contribution is 7.99. The largest absolute Gasteiger partial charge is 0.393 e. The summed E-state index contributed by atoms with van der Waals surface area (Å²) in [7, 11) is 0. The second kappa shape index (κ2) is 8.44. The number of amides is 1. The van der Waals surface area contributed by atoms with Gasteiger partial charge in [-0.3, -0.25) is 4.79 Å². The number of rotatable bonds is 6. The second-order valence-electron chi connectivity index (χ2n) is 5.89. The lowest BCUT2D eigenvalue weighted by molar-refractivity contribution is -0.120. The molecule has 21 heavy (non-hydrogen) atoms. The highest BCUT2D eigenvalue weighted by atomic mass is 32.2. The standard InChI is InChI=1S/C17H25NO2S/c1-13-2-8-16(9-3-13)21-11-10-17(20)18-12-14-4-6-15(19)7-5-14/h2-3,8-9,14-15,19H,4-7,10-12H2,1H3,(H,18,20). The molecule has 1 fully saturated rings. The Morgan fingerprint density at radius 2 is 1.90 bits per heavy atom. The first kappa shape index (κ1) is 16.4. The van der Waals surface area contributed by atoms with Gasteiger partial charge in [0.05, 0.1) is 6.10 Å². The average Bonchev–Trinajstić information content (AvgIpc) is 2.49. The van der Waals surface area contributed by atoms with Crippen LogP contribution in [0, 0.1) is 12.8 Å². The molecule has 0 atom stereocenters. The van der Waals surface area contributed by atoms with Gasteiger partial charge in [-0.05, 0) is 50.7 Å². The van der Waals surface area contributed by atoms with E-state index in [9.17, 15) is 9.90 Å². The van der Waals surface area contributed by atoms with E-state index in [0.717, 1.165) is 38.0 Å². The van der Waals surface area contributed by atoms with Crippen molar-refractivity contribution in [1.82, 2.24) is 5.32 Å². The summed E-state index contributed by atoms with van der Waals surface area (Å²) in [5, 5.41) is 12.5. The number of thioether (sulfide) groups is 1. The van der Waals surface area contributed by atoms with E-state index in [-0.39, 0.29) is 12.0 Å². The molecule has 0 radical (unpaired) electrons. The molecule has 1 aromatic carbocycles. The minimum Gasteiger partial charge on any atom is -0.393 e. The Hall–Kier alpha value is -1.00. The normalized spacial score (nSPS) is 22.0. The summed E-state index contributed by atoms with van der Waals surface area (Å²) in [6.07, 6.45) is 4.25. The van der Waals surface area contributed by atoms with Crippen molar-refractivity contribution in [3.05, 3.63) is 29.8 Å². The molecule has 0 saturated heterocycles. The SMILES string of the molecule is Cc1ccc(SCCC(=O)NCC2CCC(O)CC2)cc1. The summed E-state index contributed by atoms with van der Waals surface area (Å²) in [6, 6.07) is 8.40. The quantitative estimate of drug-likeness (QED) is 0.794. The van der Waals surface area contributed by atoms with E-state index >= 15 is 0 Å². The number of carbonyl (C=O) groups is 1. The van der Waals surface area contributed by atoms with Crippen molar-refractivity contribution < 1.29 is 9.90 Å². The zero-order valence-electron chi connectivity index (χ0n) is 12.7. The molecule has 3 nitrogen and oxygen atoms in total. The van der Waals surface area contributed by atoms with Crippen molar-refractivity contribution in [2.75, 3.05) is 12.3 Å². The Kier molecular flexibility index (Phi) is 6.58. The maximum absolute atomic E-state index is 11.8. The lowest BCUT2D eigenvalue weighted by Crippen LogP contribution is -2.32. The summed E-state index contributed by atoms with van der Waals surface area (Å²) >= 11 is 1.73. The van der Waals surface area contributed by atoms with Gasteiger partial charge in [-0.2, -0.15) is 0 Å². The fourth-order valence-electron chi connectivity index (χ4n) is 2.59. The highest BCUT2D eigenvalue weighted by Gasteiger charge is 2.19. The third-order valence-electron chi connectivity index (χ3n) is 4.02. The minimum absolute atomic E-state index is 0.122. The van der Waals surface area contributed by atoms with E-state index in [4.69, 9.17) is 0 Å². The predicted molar refractivity (Wildman–Crippen MR) is 87.5 cm³/mol. The number of carbonyl (C=O) groups excluding carboxylic acids is 1. The first-order valence-corrected chi connectivity index (χ1v) is 8.76. The number of aryl methyl sites for hydroxylation is 1. The maximum Gasteiger partial charge on any atom is 0.220 e. The Morgan fingerprint density at radius 3 is 2.57 bits per heavy atom. The summed E-state index contributed by atoms with van der Waals surface area (Å²) in [5.41, 5.74) is 1.26. The summed E-state index contributed by atoms with van der Waals surface area (Å²) in [6.45, 7) is 2.84. The molecule has 1 amide bonds. The van der Waals surface area contributed by atoms with Gasteiger partial charge in [-0.1, -0.05) is 17.7 Å². The smallest absolute Gasteiger partial charge is 0.220 e. The van der Waals surface area contributed by atoms with E-state index < -0.39 is 0 Å². The Bertz CT molecular complexity index is 439. The van der Waals surface area contributed by atoms with E-state index in [0.29, 0.717) is 12.3 Å². The van der Waals surface area contributed by atoms with Crippen molar-refractivity contribution >= 4 is 17.7 Å². The molecule has 0 heterocycles. The molecular weight excluding hydrogens is 282 g/mol. The number of aliphatic hydroxyl groups excluding tert-OH is 1. The van der Waals surface area contributed by atoms with Crippen LogP contribution >= 0.6 is 11.8 Å². The number of hydrogen-bond acceptors (Lipinski definition) is 3. The fraction of sp³-hybridized carbons (Fsp3) is 0.588. The van der Waals surface area contributed by atoms with Crippen molar-refractivity contribution in [3.63, 3.8) is 0 Å². The van der Waals surface area contributed by atoms with Crippen LogP contribution in [0.3, 0.4) is 0 Å². The van der Waals surface area contributed by atoms with Crippen LogP contribution in [0.2, 0.25) is 0 Å². The molecule has 1 aliphatic rings. The number of aliphatic hydroxyl groups is 1. The van der Waals surface area contributed by atoms with Gasteiger partial charge in [0.15, 0.2) is 0 Å². The number of benzene rings is 1.